The summed E-state index contributed by atoms with van der Waals surface area (Å²) in [5, 5.41) is 3.42. The Morgan fingerprint density at radius 3 is 2.82 bits per heavy atom. The van der Waals surface area contributed by atoms with Crippen LogP contribution in [-0.2, 0) is 11.3 Å². The van der Waals surface area contributed by atoms with Crippen molar-refractivity contribution in [2.24, 2.45) is 0 Å². The standard InChI is InChI=1S/C12H19N3O2/c1-9-7-14-12(17-9)8-13-11-3-5-15(6-4-11)10(2)16/h7,11,13H,3-6,8H2,1-2H3. The van der Waals surface area contributed by atoms with Gasteiger partial charge < -0.3 is 14.6 Å². The first-order valence-corrected chi connectivity index (χ1v) is 6.05. The molecular weight excluding hydrogens is 218 g/mol. The van der Waals surface area contributed by atoms with Gasteiger partial charge in [-0.15, -0.1) is 0 Å². The Morgan fingerprint density at radius 1 is 1.59 bits per heavy atom. The van der Waals surface area contributed by atoms with Crippen LogP contribution in [0, 0.1) is 6.92 Å². The molecule has 0 atom stereocenters. The molecule has 1 aliphatic heterocycles. The lowest BCUT2D eigenvalue weighted by Crippen LogP contribution is -2.43. The number of piperidine rings is 1. The highest BCUT2D eigenvalue weighted by Crippen LogP contribution is 2.11. The molecule has 1 aromatic heterocycles. The van der Waals surface area contributed by atoms with Gasteiger partial charge in [-0.2, -0.15) is 0 Å². The Bertz CT molecular complexity index is 381. The molecule has 0 spiro atoms. The zero-order chi connectivity index (χ0) is 12.3. The first-order chi connectivity index (χ1) is 8.15. The van der Waals surface area contributed by atoms with Crippen LogP contribution < -0.4 is 5.32 Å². The fourth-order valence-electron chi connectivity index (χ4n) is 2.11. The Morgan fingerprint density at radius 2 is 2.29 bits per heavy atom. The van der Waals surface area contributed by atoms with Crippen LogP contribution in [0.3, 0.4) is 0 Å². The van der Waals surface area contributed by atoms with Gasteiger partial charge in [0.05, 0.1) is 12.7 Å². The van der Waals surface area contributed by atoms with Gasteiger partial charge in [-0.05, 0) is 19.8 Å². The molecule has 0 saturated carbocycles. The predicted octanol–water partition coefficient (Wildman–Crippen LogP) is 1.08. The number of hydrogen-bond donors (Lipinski definition) is 1. The molecule has 0 bridgehead atoms. The van der Waals surface area contributed by atoms with E-state index in [-0.39, 0.29) is 5.91 Å². The van der Waals surface area contributed by atoms with Gasteiger partial charge in [0.2, 0.25) is 11.8 Å². The molecule has 0 aliphatic carbocycles. The second kappa shape index (κ2) is 5.31. The first-order valence-electron chi connectivity index (χ1n) is 6.05. The van der Waals surface area contributed by atoms with Crippen LogP contribution in [0.1, 0.15) is 31.4 Å². The maximum absolute atomic E-state index is 11.2. The van der Waals surface area contributed by atoms with Gasteiger partial charge in [0, 0.05) is 26.1 Å². The second-order valence-electron chi connectivity index (χ2n) is 4.53. The number of rotatable bonds is 3. The number of nitrogens with one attached hydrogen (secondary N) is 1. The number of carbonyl (C=O) groups is 1. The van der Waals surface area contributed by atoms with Crippen molar-refractivity contribution in [2.45, 2.75) is 39.3 Å². The summed E-state index contributed by atoms with van der Waals surface area (Å²) in [4.78, 5) is 17.2. The molecule has 2 heterocycles. The van der Waals surface area contributed by atoms with E-state index in [0.717, 1.165) is 37.6 Å². The van der Waals surface area contributed by atoms with Crippen molar-refractivity contribution in [3.8, 4) is 0 Å². The number of oxazole rings is 1. The molecule has 0 unspecified atom stereocenters. The molecule has 94 valence electrons. The van der Waals surface area contributed by atoms with Crippen LogP contribution in [0.4, 0.5) is 0 Å². The van der Waals surface area contributed by atoms with Gasteiger partial charge in [-0.3, -0.25) is 4.79 Å². The number of likely N-dealkylation sites (tertiary alicyclic amines) is 1. The predicted molar refractivity (Wildman–Crippen MR) is 63.4 cm³/mol. The Kier molecular flexibility index (Phi) is 3.78. The van der Waals surface area contributed by atoms with Crippen molar-refractivity contribution in [2.75, 3.05) is 13.1 Å². The van der Waals surface area contributed by atoms with Gasteiger partial charge in [0.15, 0.2) is 0 Å². The lowest BCUT2D eigenvalue weighted by atomic mass is 10.1. The van der Waals surface area contributed by atoms with Crippen molar-refractivity contribution in [1.29, 1.82) is 0 Å². The third kappa shape index (κ3) is 3.30. The summed E-state index contributed by atoms with van der Waals surface area (Å²) in [5.74, 6) is 1.75. The highest BCUT2D eigenvalue weighted by atomic mass is 16.4. The molecule has 1 amide bonds. The van der Waals surface area contributed by atoms with Gasteiger partial charge in [-0.1, -0.05) is 0 Å². The lowest BCUT2D eigenvalue weighted by molar-refractivity contribution is -0.129. The molecule has 2 rings (SSSR count). The number of carbonyl (C=O) groups excluding carboxylic acids is 1. The van der Waals surface area contributed by atoms with E-state index >= 15 is 0 Å². The molecule has 1 N–H and O–H groups in total. The van der Waals surface area contributed by atoms with E-state index in [1.165, 1.54) is 0 Å². The van der Waals surface area contributed by atoms with Gasteiger partial charge in [-0.25, -0.2) is 4.98 Å². The summed E-state index contributed by atoms with van der Waals surface area (Å²) in [6.45, 7) is 5.87. The molecule has 0 aromatic carbocycles. The molecule has 5 heteroatoms. The van der Waals surface area contributed by atoms with Gasteiger partial charge >= 0.3 is 0 Å². The number of aromatic nitrogens is 1. The van der Waals surface area contributed by atoms with Crippen molar-refractivity contribution in [3.05, 3.63) is 17.8 Å². The summed E-state index contributed by atoms with van der Waals surface area (Å²) in [6.07, 6.45) is 3.73. The van der Waals surface area contributed by atoms with Crippen LogP contribution in [-0.4, -0.2) is 34.9 Å². The van der Waals surface area contributed by atoms with Crippen LogP contribution in [0.25, 0.3) is 0 Å². The van der Waals surface area contributed by atoms with E-state index in [9.17, 15) is 4.79 Å². The number of nitrogens with zero attached hydrogens (tertiary/aromatic N) is 2. The summed E-state index contributed by atoms with van der Waals surface area (Å²) < 4.78 is 5.40. The largest absolute Gasteiger partial charge is 0.445 e. The molecule has 1 aliphatic rings. The minimum atomic E-state index is 0.173. The minimum Gasteiger partial charge on any atom is -0.445 e. The van der Waals surface area contributed by atoms with E-state index in [4.69, 9.17) is 4.42 Å². The van der Waals surface area contributed by atoms with Crippen molar-refractivity contribution in [1.82, 2.24) is 15.2 Å². The quantitative estimate of drug-likeness (QED) is 0.854. The van der Waals surface area contributed by atoms with E-state index in [1.54, 1.807) is 13.1 Å². The maximum Gasteiger partial charge on any atom is 0.219 e. The molecular formula is C12H19N3O2. The third-order valence-electron chi connectivity index (χ3n) is 3.15. The number of amides is 1. The fourth-order valence-corrected chi connectivity index (χ4v) is 2.11. The van der Waals surface area contributed by atoms with Gasteiger partial charge in [0.25, 0.3) is 0 Å². The Balaban J connectivity index is 1.73. The normalized spacial score (nSPS) is 17.4. The van der Waals surface area contributed by atoms with Crippen LogP contribution in [0.15, 0.2) is 10.6 Å². The zero-order valence-electron chi connectivity index (χ0n) is 10.4. The van der Waals surface area contributed by atoms with Crippen LogP contribution in [0.2, 0.25) is 0 Å². The van der Waals surface area contributed by atoms with E-state index in [0.29, 0.717) is 12.6 Å². The Hall–Kier alpha value is -1.36. The second-order valence-corrected chi connectivity index (χ2v) is 4.53. The van der Waals surface area contributed by atoms with Crippen LogP contribution >= 0.6 is 0 Å². The monoisotopic (exact) mass is 237 g/mol. The summed E-state index contributed by atoms with van der Waals surface area (Å²) in [5.41, 5.74) is 0. The smallest absolute Gasteiger partial charge is 0.219 e. The maximum atomic E-state index is 11.2. The average molecular weight is 237 g/mol. The number of aryl methyl sites for hydroxylation is 1. The van der Waals surface area contributed by atoms with Gasteiger partial charge in [0.1, 0.15) is 5.76 Å². The zero-order valence-corrected chi connectivity index (χ0v) is 10.4. The van der Waals surface area contributed by atoms with Crippen LogP contribution in [0.5, 0.6) is 0 Å². The third-order valence-corrected chi connectivity index (χ3v) is 3.15. The fraction of sp³-hybridized carbons (Fsp3) is 0.667. The summed E-state index contributed by atoms with van der Waals surface area (Å²) >= 11 is 0. The molecule has 1 aromatic rings. The van der Waals surface area contributed by atoms with E-state index < -0.39 is 0 Å². The minimum absolute atomic E-state index is 0.173. The SMILES string of the molecule is CC(=O)N1CCC(NCc2ncc(C)o2)CC1. The molecule has 1 fully saturated rings. The average Bonchev–Trinajstić information content (AvgIpc) is 2.73. The molecule has 17 heavy (non-hydrogen) atoms. The van der Waals surface area contributed by atoms with Crippen molar-refractivity contribution in [3.63, 3.8) is 0 Å². The molecule has 0 radical (unpaired) electrons. The van der Waals surface area contributed by atoms with E-state index in [1.807, 2.05) is 11.8 Å². The highest BCUT2D eigenvalue weighted by molar-refractivity contribution is 5.73. The lowest BCUT2D eigenvalue weighted by Gasteiger charge is -2.31. The highest BCUT2D eigenvalue weighted by Gasteiger charge is 2.20. The van der Waals surface area contributed by atoms with Crippen molar-refractivity contribution >= 4 is 5.91 Å². The molecule has 1 saturated heterocycles. The number of hydrogen-bond acceptors (Lipinski definition) is 4. The summed E-state index contributed by atoms with van der Waals surface area (Å²) in [7, 11) is 0. The Labute approximate surface area is 101 Å². The van der Waals surface area contributed by atoms with Crippen molar-refractivity contribution < 1.29 is 9.21 Å². The molecule has 5 nitrogen and oxygen atoms in total. The van der Waals surface area contributed by atoms with E-state index in [2.05, 4.69) is 10.3 Å². The topological polar surface area (TPSA) is 58.4 Å². The summed E-state index contributed by atoms with van der Waals surface area (Å²) in [6, 6.07) is 0.456. The first kappa shape index (κ1) is 12.1.